The Kier molecular flexibility index (Phi) is 3.84. The molecule has 1 atom stereocenters. The van der Waals surface area contributed by atoms with Gasteiger partial charge in [0.1, 0.15) is 4.60 Å². The SMILES string of the molecule is O=C(c1ccc(Br)nc1)N(CC1CCOC1)C1CC1. The van der Waals surface area contributed by atoms with Crippen molar-refractivity contribution in [3.05, 3.63) is 28.5 Å². The van der Waals surface area contributed by atoms with Crippen molar-refractivity contribution in [3.8, 4) is 0 Å². The van der Waals surface area contributed by atoms with Gasteiger partial charge in [0.15, 0.2) is 0 Å². The van der Waals surface area contributed by atoms with Crippen molar-refractivity contribution >= 4 is 21.8 Å². The molecule has 0 N–H and O–H groups in total. The van der Waals surface area contributed by atoms with Gasteiger partial charge < -0.3 is 9.64 Å². The summed E-state index contributed by atoms with van der Waals surface area (Å²) in [5.74, 6) is 0.599. The third-order valence-corrected chi connectivity index (χ3v) is 4.17. The number of hydrogen-bond acceptors (Lipinski definition) is 3. The summed E-state index contributed by atoms with van der Waals surface area (Å²) >= 11 is 3.29. The molecule has 1 unspecified atom stereocenters. The molecular formula is C14H17BrN2O2. The molecule has 0 radical (unpaired) electrons. The van der Waals surface area contributed by atoms with Crippen LogP contribution in [0.5, 0.6) is 0 Å². The van der Waals surface area contributed by atoms with Crippen molar-refractivity contribution < 1.29 is 9.53 Å². The minimum absolute atomic E-state index is 0.106. The molecule has 1 saturated carbocycles. The zero-order valence-electron chi connectivity index (χ0n) is 10.7. The minimum atomic E-state index is 0.106. The quantitative estimate of drug-likeness (QED) is 0.799. The van der Waals surface area contributed by atoms with Crippen LogP contribution < -0.4 is 0 Å². The first-order valence-electron chi connectivity index (χ1n) is 6.74. The molecule has 3 rings (SSSR count). The lowest BCUT2D eigenvalue weighted by molar-refractivity contribution is 0.0706. The smallest absolute Gasteiger partial charge is 0.255 e. The Labute approximate surface area is 121 Å². The molecule has 4 nitrogen and oxygen atoms in total. The van der Waals surface area contributed by atoms with E-state index in [9.17, 15) is 4.79 Å². The number of ether oxygens (including phenoxy) is 1. The third kappa shape index (κ3) is 3.15. The van der Waals surface area contributed by atoms with Crippen LogP contribution in [-0.2, 0) is 4.74 Å². The highest BCUT2D eigenvalue weighted by Gasteiger charge is 2.35. The number of aromatic nitrogens is 1. The molecule has 1 aliphatic heterocycles. The second kappa shape index (κ2) is 5.59. The van der Waals surface area contributed by atoms with Crippen molar-refractivity contribution in [2.24, 2.45) is 5.92 Å². The van der Waals surface area contributed by atoms with Gasteiger partial charge in [-0.25, -0.2) is 4.98 Å². The fraction of sp³-hybridized carbons (Fsp3) is 0.571. The van der Waals surface area contributed by atoms with Crippen molar-refractivity contribution in [2.45, 2.75) is 25.3 Å². The van der Waals surface area contributed by atoms with E-state index in [2.05, 4.69) is 20.9 Å². The normalized spacial score (nSPS) is 22.5. The third-order valence-electron chi connectivity index (χ3n) is 3.70. The number of amides is 1. The zero-order valence-corrected chi connectivity index (χ0v) is 12.3. The van der Waals surface area contributed by atoms with Gasteiger partial charge >= 0.3 is 0 Å². The van der Waals surface area contributed by atoms with Gasteiger partial charge in [-0.1, -0.05) is 0 Å². The number of carbonyl (C=O) groups excluding carboxylic acids is 1. The van der Waals surface area contributed by atoms with Crippen molar-refractivity contribution in [1.29, 1.82) is 0 Å². The van der Waals surface area contributed by atoms with Crippen LogP contribution in [0.1, 0.15) is 29.6 Å². The predicted molar refractivity (Wildman–Crippen MR) is 74.9 cm³/mol. The van der Waals surface area contributed by atoms with E-state index in [0.29, 0.717) is 17.5 Å². The fourth-order valence-corrected chi connectivity index (χ4v) is 2.69. The van der Waals surface area contributed by atoms with E-state index in [1.54, 1.807) is 6.20 Å². The van der Waals surface area contributed by atoms with E-state index < -0.39 is 0 Å². The van der Waals surface area contributed by atoms with Crippen molar-refractivity contribution in [1.82, 2.24) is 9.88 Å². The van der Waals surface area contributed by atoms with Crippen molar-refractivity contribution in [2.75, 3.05) is 19.8 Å². The van der Waals surface area contributed by atoms with Gasteiger partial charge in [0.2, 0.25) is 0 Å². The highest BCUT2D eigenvalue weighted by Crippen LogP contribution is 2.30. The van der Waals surface area contributed by atoms with Crippen LogP contribution in [0.25, 0.3) is 0 Å². The summed E-state index contributed by atoms with van der Waals surface area (Å²) in [6.07, 6.45) is 4.97. The molecule has 19 heavy (non-hydrogen) atoms. The van der Waals surface area contributed by atoms with Crippen LogP contribution in [0.2, 0.25) is 0 Å². The first-order valence-corrected chi connectivity index (χ1v) is 7.53. The number of halogens is 1. The monoisotopic (exact) mass is 324 g/mol. The lowest BCUT2D eigenvalue weighted by atomic mass is 10.1. The second-order valence-electron chi connectivity index (χ2n) is 5.29. The Morgan fingerprint density at radius 3 is 2.84 bits per heavy atom. The molecule has 1 aliphatic carbocycles. The molecule has 1 saturated heterocycles. The maximum Gasteiger partial charge on any atom is 0.255 e. The van der Waals surface area contributed by atoms with Crippen LogP contribution in [0.15, 0.2) is 22.9 Å². The largest absolute Gasteiger partial charge is 0.381 e. The number of hydrogen-bond donors (Lipinski definition) is 0. The van der Waals surface area contributed by atoms with E-state index in [1.165, 1.54) is 0 Å². The lowest BCUT2D eigenvalue weighted by Crippen LogP contribution is -2.37. The van der Waals surface area contributed by atoms with E-state index in [0.717, 1.165) is 43.6 Å². The van der Waals surface area contributed by atoms with Crippen molar-refractivity contribution in [3.63, 3.8) is 0 Å². The van der Waals surface area contributed by atoms with E-state index >= 15 is 0 Å². The number of pyridine rings is 1. The Hall–Kier alpha value is -0.940. The van der Waals surface area contributed by atoms with Crippen LogP contribution >= 0.6 is 15.9 Å². The highest BCUT2D eigenvalue weighted by atomic mass is 79.9. The number of nitrogens with zero attached hydrogens (tertiary/aromatic N) is 2. The first-order chi connectivity index (χ1) is 9.24. The molecule has 102 valence electrons. The topological polar surface area (TPSA) is 42.4 Å². The first kappa shape index (κ1) is 13.1. The maximum atomic E-state index is 12.6. The van der Waals surface area contributed by atoms with Crippen LogP contribution in [0.4, 0.5) is 0 Å². The Bertz CT molecular complexity index is 453. The van der Waals surface area contributed by atoms with Crippen LogP contribution in [-0.4, -0.2) is 41.6 Å². The van der Waals surface area contributed by atoms with Crippen LogP contribution in [0.3, 0.4) is 0 Å². The molecular weight excluding hydrogens is 308 g/mol. The van der Waals surface area contributed by atoms with E-state index in [1.807, 2.05) is 17.0 Å². The lowest BCUT2D eigenvalue weighted by Gasteiger charge is -2.25. The summed E-state index contributed by atoms with van der Waals surface area (Å²) in [7, 11) is 0. The molecule has 0 spiro atoms. The predicted octanol–water partition coefficient (Wildman–Crippen LogP) is 2.49. The standard InChI is InChI=1S/C14H17BrN2O2/c15-13-4-1-11(7-16-13)14(18)17(12-2-3-12)8-10-5-6-19-9-10/h1,4,7,10,12H,2-3,5-6,8-9H2. The van der Waals surface area contributed by atoms with Gasteiger partial charge in [0, 0.05) is 31.3 Å². The number of rotatable bonds is 4. The molecule has 1 amide bonds. The van der Waals surface area contributed by atoms with Gasteiger partial charge in [-0.3, -0.25) is 4.79 Å². The Morgan fingerprint density at radius 1 is 1.42 bits per heavy atom. The molecule has 5 heteroatoms. The summed E-state index contributed by atoms with van der Waals surface area (Å²) in [5.41, 5.74) is 0.675. The molecule has 1 aromatic rings. The summed E-state index contributed by atoms with van der Waals surface area (Å²) in [6.45, 7) is 2.44. The second-order valence-corrected chi connectivity index (χ2v) is 6.10. The minimum Gasteiger partial charge on any atom is -0.381 e. The molecule has 1 aromatic heterocycles. The average molecular weight is 325 g/mol. The zero-order chi connectivity index (χ0) is 13.2. The van der Waals surface area contributed by atoms with Gasteiger partial charge in [0.05, 0.1) is 12.2 Å². The summed E-state index contributed by atoms with van der Waals surface area (Å²) in [5, 5.41) is 0. The molecule has 2 aliphatic rings. The molecule has 0 aromatic carbocycles. The Morgan fingerprint density at radius 2 is 2.26 bits per heavy atom. The summed E-state index contributed by atoms with van der Waals surface area (Å²) in [6, 6.07) is 4.08. The fourth-order valence-electron chi connectivity index (χ4n) is 2.46. The highest BCUT2D eigenvalue weighted by molar-refractivity contribution is 9.10. The van der Waals surface area contributed by atoms with E-state index in [4.69, 9.17) is 4.74 Å². The number of carbonyl (C=O) groups is 1. The van der Waals surface area contributed by atoms with Gasteiger partial charge in [-0.2, -0.15) is 0 Å². The molecule has 2 heterocycles. The summed E-state index contributed by atoms with van der Waals surface area (Å²) in [4.78, 5) is 18.7. The maximum absolute atomic E-state index is 12.6. The van der Waals surface area contributed by atoms with E-state index in [-0.39, 0.29) is 5.91 Å². The van der Waals surface area contributed by atoms with Crippen LogP contribution in [0, 0.1) is 5.92 Å². The average Bonchev–Trinajstić information content (AvgIpc) is 3.13. The van der Waals surface area contributed by atoms with Gasteiger partial charge in [-0.15, -0.1) is 0 Å². The van der Waals surface area contributed by atoms with Gasteiger partial charge in [0.25, 0.3) is 5.91 Å². The summed E-state index contributed by atoms with van der Waals surface area (Å²) < 4.78 is 6.16. The molecule has 2 fully saturated rings. The van der Waals surface area contributed by atoms with Gasteiger partial charge in [-0.05, 0) is 47.3 Å². The molecule has 0 bridgehead atoms. The Balaban J connectivity index is 1.71.